The molecule has 0 atom stereocenters. The van der Waals surface area contributed by atoms with Crippen LogP contribution in [0.3, 0.4) is 0 Å². The number of para-hydroxylation sites is 3. The first-order chi connectivity index (χ1) is 26.2. The van der Waals surface area contributed by atoms with Gasteiger partial charge in [-0.15, -0.1) is 11.3 Å². The van der Waals surface area contributed by atoms with E-state index >= 15 is 0 Å². The Bertz CT molecular complexity index is 3090. The lowest BCUT2D eigenvalue weighted by molar-refractivity contribution is 0.669. The molecule has 0 spiro atoms. The molecule has 0 fully saturated rings. The number of hydrogen-bond donors (Lipinski definition) is 0. The van der Waals surface area contributed by atoms with Gasteiger partial charge in [-0.25, -0.2) is 19.9 Å². The fraction of sp³-hybridized carbons (Fsp3) is 0. The summed E-state index contributed by atoms with van der Waals surface area (Å²) in [6.07, 6.45) is 0. The zero-order chi connectivity index (χ0) is 34.9. The summed E-state index contributed by atoms with van der Waals surface area (Å²) in [5.41, 5.74) is 9.72. The average Bonchev–Trinajstić information content (AvgIpc) is 3.93. The first-order valence-electron chi connectivity index (χ1n) is 17.5. The third-order valence-corrected chi connectivity index (χ3v) is 11.0. The monoisotopic (exact) mass is 697 g/mol. The van der Waals surface area contributed by atoms with Crippen molar-refractivity contribution in [3.63, 3.8) is 0 Å². The molecule has 4 aromatic heterocycles. The number of fused-ring (bicyclic) bond motifs is 7. The molecule has 11 aromatic rings. The summed E-state index contributed by atoms with van der Waals surface area (Å²) in [6.45, 7) is 0. The molecule has 0 aliphatic carbocycles. The molecule has 0 unspecified atom stereocenters. The van der Waals surface area contributed by atoms with Gasteiger partial charge in [-0.3, -0.25) is 0 Å². The predicted molar refractivity (Wildman–Crippen MR) is 216 cm³/mol. The molecular formula is C46H27N5OS. The smallest absolute Gasteiger partial charge is 0.164 e. The fourth-order valence-corrected chi connectivity index (χ4v) is 8.40. The molecule has 6 nitrogen and oxygen atoms in total. The number of furan rings is 1. The maximum Gasteiger partial charge on any atom is 0.164 e. The Kier molecular flexibility index (Phi) is 6.62. The van der Waals surface area contributed by atoms with Crippen LogP contribution in [0.1, 0.15) is 0 Å². The van der Waals surface area contributed by atoms with Gasteiger partial charge in [0.1, 0.15) is 16.2 Å². The van der Waals surface area contributed by atoms with E-state index in [1.807, 2.05) is 60.7 Å². The third-order valence-electron chi connectivity index (χ3n) is 9.91. The van der Waals surface area contributed by atoms with Gasteiger partial charge >= 0.3 is 0 Å². The van der Waals surface area contributed by atoms with Crippen LogP contribution >= 0.6 is 11.3 Å². The van der Waals surface area contributed by atoms with Gasteiger partial charge in [-0.1, -0.05) is 97.1 Å². The van der Waals surface area contributed by atoms with Crippen molar-refractivity contribution < 1.29 is 4.42 Å². The van der Waals surface area contributed by atoms with Gasteiger partial charge in [0.15, 0.2) is 17.5 Å². The number of rotatable bonds is 5. The Labute approximate surface area is 307 Å². The molecule has 0 bridgehead atoms. The van der Waals surface area contributed by atoms with Gasteiger partial charge in [-0.2, -0.15) is 0 Å². The first-order valence-corrected chi connectivity index (χ1v) is 18.3. The lowest BCUT2D eigenvalue weighted by Gasteiger charge is -2.11. The molecular weight excluding hydrogens is 671 g/mol. The molecule has 0 saturated heterocycles. The van der Waals surface area contributed by atoms with E-state index in [1.54, 1.807) is 11.3 Å². The summed E-state index contributed by atoms with van der Waals surface area (Å²) >= 11 is 1.68. The van der Waals surface area contributed by atoms with Crippen LogP contribution in [-0.2, 0) is 0 Å². The topological polar surface area (TPSA) is 69.6 Å². The Morgan fingerprint density at radius 3 is 1.85 bits per heavy atom. The molecule has 0 aliphatic heterocycles. The first kappa shape index (κ1) is 29.7. The summed E-state index contributed by atoms with van der Waals surface area (Å²) in [5.74, 6) is 1.80. The molecule has 0 N–H and O–H groups in total. The van der Waals surface area contributed by atoms with Crippen LogP contribution in [-0.4, -0.2) is 24.5 Å². The van der Waals surface area contributed by atoms with Crippen LogP contribution in [0, 0.1) is 0 Å². The number of benzene rings is 7. The second kappa shape index (κ2) is 11.8. The minimum atomic E-state index is 0.587. The Morgan fingerprint density at radius 1 is 0.453 bits per heavy atom. The second-order valence-corrected chi connectivity index (χ2v) is 14.1. The lowest BCUT2D eigenvalue weighted by atomic mass is 10.0. The van der Waals surface area contributed by atoms with Crippen molar-refractivity contribution in [1.82, 2.24) is 24.5 Å². The lowest BCUT2D eigenvalue weighted by Crippen LogP contribution is -2.01. The van der Waals surface area contributed by atoms with Gasteiger partial charge in [0.25, 0.3) is 0 Å². The van der Waals surface area contributed by atoms with Crippen molar-refractivity contribution in [2.75, 3.05) is 0 Å². The van der Waals surface area contributed by atoms with E-state index in [-0.39, 0.29) is 0 Å². The third kappa shape index (κ3) is 4.86. The molecule has 11 rings (SSSR count). The fourth-order valence-electron chi connectivity index (χ4n) is 7.44. The molecule has 4 heterocycles. The highest BCUT2D eigenvalue weighted by Crippen LogP contribution is 2.40. The standard InChI is InChI=1S/C46H27N5OS/c1-2-11-28(12-3-1)43-48-44(29-21-24-31(25-22-29)51-37-17-7-4-13-32(37)33-14-5-8-18-38(33)51)50-45(49-43)35-15-10-19-39-42(35)34-26-23-30(27-40(34)52-39)46-47-36-16-6-9-20-41(36)53-46/h1-27H. The SMILES string of the molecule is c1ccc(-c2nc(-c3ccc(-n4c5ccccc5c5ccccc54)cc3)nc(-c3cccc4oc5cc(-c6nc7ccccc7s6)ccc5c34)n2)cc1. The number of nitrogens with zero attached hydrogens (tertiary/aromatic N) is 5. The van der Waals surface area contributed by atoms with E-state index in [0.717, 1.165) is 65.1 Å². The Hall–Kier alpha value is -6.96. The van der Waals surface area contributed by atoms with Crippen molar-refractivity contribution >= 4 is 65.3 Å². The molecule has 7 heteroatoms. The summed E-state index contributed by atoms with van der Waals surface area (Å²) in [7, 11) is 0. The summed E-state index contributed by atoms with van der Waals surface area (Å²) < 4.78 is 9.97. The van der Waals surface area contributed by atoms with E-state index in [1.165, 1.54) is 21.8 Å². The predicted octanol–water partition coefficient (Wildman–Crippen LogP) is 12.1. The van der Waals surface area contributed by atoms with Crippen molar-refractivity contribution in [2.45, 2.75) is 0 Å². The highest BCUT2D eigenvalue weighted by Gasteiger charge is 2.19. The zero-order valence-electron chi connectivity index (χ0n) is 28.1. The quantitative estimate of drug-likeness (QED) is 0.179. The van der Waals surface area contributed by atoms with Crippen LogP contribution < -0.4 is 0 Å². The summed E-state index contributed by atoms with van der Waals surface area (Å²) in [5, 5.41) is 5.40. The van der Waals surface area contributed by atoms with Crippen molar-refractivity contribution in [3.05, 3.63) is 164 Å². The minimum absolute atomic E-state index is 0.587. The molecule has 248 valence electrons. The van der Waals surface area contributed by atoms with Gasteiger partial charge < -0.3 is 8.98 Å². The van der Waals surface area contributed by atoms with Crippen LogP contribution in [0.5, 0.6) is 0 Å². The second-order valence-electron chi connectivity index (χ2n) is 13.1. The van der Waals surface area contributed by atoms with Gasteiger partial charge in [0.05, 0.1) is 21.3 Å². The van der Waals surface area contributed by atoms with E-state index < -0.39 is 0 Å². The van der Waals surface area contributed by atoms with E-state index in [0.29, 0.717) is 17.5 Å². The molecule has 0 aliphatic rings. The van der Waals surface area contributed by atoms with Crippen LogP contribution in [0.4, 0.5) is 0 Å². The zero-order valence-corrected chi connectivity index (χ0v) is 29.0. The number of thiazole rings is 1. The van der Waals surface area contributed by atoms with Crippen LogP contribution in [0.25, 0.3) is 104 Å². The van der Waals surface area contributed by atoms with Crippen LogP contribution in [0.15, 0.2) is 168 Å². The highest BCUT2D eigenvalue weighted by molar-refractivity contribution is 7.21. The maximum atomic E-state index is 6.49. The van der Waals surface area contributed by atoms with E-state index in [9.17, 15) is 0 Å². The Balaban J connectivity index is 1.05. The molecule has 7 aromatic carbocycles. The minimum Gasteiger partial charge on any atom is -0.456 e. The molecule has 53 heavy (non-hydrogen) atoms. The van der Waals surface area contributed by atoms with E-state index in [2.05, 4.69) is 108 Å². The highest BCUT2D eigenvalue weighted by atomic mass is 32.1. The maximum absolute atomic E-state index is 6.49. The van der Waals surface area contributed by atoms with Crippen molar-refractivity contribution in [2.24, 2.45) is 0 Å². The largest absolute Gasteiger partial charge is 0.456 e. The molecule has 0 amide bonds. The average molecular weight is 698 g/mol. The van der Waals surface area contributed by atoms with Gasteiger partial charge in [-0.05, 0) is 66.7 Å². The molecule has 0 radical (unpaired) electrons. The Morgan fingerprint density at radius 2 is 1.09 bits per heavy atom. The van der Waals surface area contributed by atoms with Gasteiger partial charge in [0.2, 0.25) is 0 Å². The van der Waals surface area contributed by atoms with Gasteiger partial charge in [0, 0.05) is 49.5 Å². The van der Waals surface area contributed by atoms with Crippen molar-refractivity contribution in [3.8, 4) is 50.4 Å². The number of hydrogen-bond acceptors (Lipinski definition) is 6. The van der Waals surface area contributed by atoms with E-state index in [4.69, 9.17) is 24.4 Å². The summed E-state index contributed by atoms with van der Waals surface area (Å²) in [4.78, 5) is 20.1. The molecule has 0 saturated carbocycles. The summed E-state index contributed by atoms with van der Waals surface area (Å²) in [6, 6.07) is 56.3. The van der Waals surface area contributed by atoms with Crippen LogP contribution in [0.2, 0.25) is 0 Å². The number of aromatic nitrogens is 5. The normalized spacial score (nSPS) is 11.8. The van der Waals surface area contributed by atoms with Crippen molar-refractivity contribution in [1.29, 1.82) is 0 Å².